The number of aliphatic carboxylic acids is 1. The Morgan fingerprint density at radius 1 is 1.21 bits per heavy atom. The molecular formula is C24H24F3N3O4. The van der Waals surface area contributed by atoms with E-state index in [1.807, 2.05) is 11.8 Å². The molecule has 7 nitrogen and oxygen atoms in total. The highest BCUT2D eigenvalue weighted by Crippen LogP contribution is 2.41. The zero-order valence-electron chi connectivity index (χ0n) is 18.5. The van der Waals surface area contributed by atoms with Gasteiger partial charge in [0.05, 0.1) is 12.2 Å². The molecule has 4 rings (SSSR count). The number of benzene rings is 2. The number of carbonyl (C=O) groups is 1. The van der Waals surface area contributed by atoms with Crippen LogP contribution in [0.15, 0.2) is 47.0 Å². The fraction of sp³-hybridized carbons (Fsp3) is 0.375. The molecule has 0 saturated carbocycles. The van der Waals surface area contributed by atoms with Crippen molar-refractivity contribution >= 4 is 11.7 Å². The molecule has 180 valence electrons. The summed E-state index contributed by atoms with van der Waals surface area (Å²) in [4.78, 5) is 16.7. The summed E-state index contributed by atoms with van der Waals surface area (Å²) < 4.78 is 52.2. The standard InChI is InChI=1S/C24H24F3N3O4/c1-15-5-2-3-10-30(15)20-9-8-18(12-19(20)24(25,26)27)23-28-22(29-34-23)17-7-4-6-16(11-17)13-33-14-21(31)32/h4,6-9,11-12,15H,2-3,5,10,13-14H2,1H3,(H,31,32). The molecule has 34 heavy (non-hydrogen) atoms. The van der Waals surface area contributed by atoms with Gasteiger partial charge in [-0.3, -0.25) is 0 Å². The van der Waals surface area contributed by atoms with Gasteiger partial charge < -0.3 is 19.3 Å². The summed E-state index contributed by atoms with van der Waals surface area (Å²) in [6.07, 6.45) is -1.81. The number of alkyl halides is 3. The summed E-state index contributed by atoms with van der Waals surface area (Å²) in [5.41, 5.74) is 0.888. The highest BCUT2D eigenvalue weighted by Gasteiger charge is 2.37. The third-order valence-corrected chi connectivity index (χ3v) is 5.77. The molecule has 1 fully saturated rings. The van der Waals surface area contributed by atoms with E-state index >= 15 is 0 Å². The maximum atomic E-state index is 14.0. The van der Waals surface area contributed by atoms with Crippen molar-refractivity contribution in [1.29, 1.82) is 0 Å². The van der Waals surface area contributed by atoms with E-state index in [-0.39, 0.29) is 35.6 Å². The Kier molecular flexibility index (Phi) is 6.87. The van der Waals surface area contributed by atoms with Crippen LogP contribution in [0.25, 0.3) is 22.8 Å². The second kappa shape index (κ2) is 9.84. The van der Waals surface area contributed by atoms with Crippen LogP contribution in [0, 0.1) is 0 Å². The van der Waals surface area contributed by atoms with Crippen LogP contribution in [0.2, 0.25) is 0 Å². The molecule has 1 atom stereocenters. The van der Waals surface area contributed by atoms with Gasteiger partial charge in [0.1, 0.15) is 6.61 Å². The maximum absolute atomic E-state index is 14.0. The lowest BCUT2D eigenvalue weighted by atomic mass is 9.99. The first-order valence-electron chi connectivity index (χ1n) is 10.9. The Morgan fingerprint density at radius 2 is 2.03 bits per heavy atom. The van der Waals surface area contributed by atoms with E-state index in [0.717, 1.165) is 25.3 Å². The number of carboxylic acids is 1. The summed E-state index contributed by atoms with van der Waals surface area (Å²) in [7, 11) is 0. The fourth-order valence-corrected chi connectivity index (χ4v) is 4.12. The number of anilines is 1. The summed E-state index contributed by atoms with van der Waals surface area (Å²) in [5.74, 6) is -0.887. The topological polar surface area (TPSA) is 88.7 Å². The van der Waals surface area contributed by atoms with Crippen LogP contribution in [-0.4, -0.2) is 40.4 Å². The molecule has 10 heteroatoms. The highest BCUT2D eigenvalue weighted by molar-refractivity contribution is 5.68. The van der Waals surface area contributed by atoms with Crippen LogP contribution >= 0.6 is 0 Å². The summed E-state index contributed by atoms with van der Waals surface area (Å²) >= 11 is 0. The molecule has 1 aliphatic heterocycles. The molecule has 0 radical (unpaired) electrons. The molecule has 1 saturated heterocycles. The number of hydrogen-bond acceptors (Lipinski definition) is 6. The van der Waals surface area contributed by atoms with Gasteiger partial charge in [0, 0.05) is 29.4 Å². The minimum atomic E-state index is -4.53. The van der Waals surface area contributed by atoms with Gasteiger partial charge in [-0.05, 0) is 56.0 Å². The molecular weight excluding hydrogens is 451 g/mol. The number of aromatic nitrogens is 2. The van der Waals surface area contributed by atoms with Gasteiger partial charge in [-0.1, -0.05) is 23.4 Å². The Morgan fingerprint density at radius 3 is 2.76 bits per heavy atom. The number of hydrogen-bond donors (Lipinski definition) is 1. The van der Waals surface area contributed by atoms with Gasteiger partial charge in [0.2, 0.25) is 5.82 Å². The first-order valence-corrected chi connectivity index (χ1v) is 10.9. The number of carboxylic acid groups (broad SMARTS) is 1. The van der Waals surface area contributed by atoms with Crippen molar-refractivity contribution in [2.75, 3.05) is 18.1 Å². The van der Waals surface area contributed by atoms with Gasteiger partial charge in [-0.2, -0.15) is 18.2 Å². The summed E-state index contributed by atoms with van der Waals surface area (Å²) in [5, 5.41) is 12.6. The Labute approximate surface area is 194 Å². The van der Waals surface area contributed by atoms with E-state index in [9.17, 15) is 18.0 Å². The Balaban J connectivity index is 1.60. The predicted octanol–water partition coefficient (Wildman–Crippen LogP) is 5.40. The number of piperidine rings is 1. The Hall–Kier alpha value is -3.40. The van der Waals surface area contributed by atoms with Crippen LogP contribution in [0.3, 0.4) is 0 Å². The maximum Gasteiger partial charge on any atom is 0.418 e. The molecule has 1 N–H and O–H groups in total. The average Bonchev–Trinajstić information content (AvgIpc) is 3.29. The van der Waals surface area contributed by atoms with Crippen molar-refractivity contribution < 1.29 is 32.3 Å². The van der Waals surface area contributed by atoms with Crippen molar-refractivity contribution in [2.24, 2.45) is 0 Å². The van der Waals surface area contributed by atoms with E-state index in [1.165, 1.54) is 6.07 Å². The lowest BCUT2D eigenvalue weighted by Gasteiger charge is -2.37. The fourth-order valence-electron chi connectivity index (χ4n) is 4.12. The SMILES string of the molecule is CC1CCCCN1c1ccc(-c2nc(-c3cccc(COCC(=O)O)c3)no2)cc1C(F)(F)F. The second-order valence-electron chi connectivity index (χ2n) is 8.28. The normalized spacial score (nSPS) is 16.6. The molecule has 1 aliphatic rings. The van der Waals surface area contributed by atoms with Crippen molar-refractivity contribution in [3.63, 3.8) is 0 Å². The van der Waals surface area contributed by atoms with E-state index in [0.29, 0.717) is 17.7 Å². The third kappa shape index (κ3) is 5.39. The predicted molar refractivity (Wildman–Crippen MR) is 118 cm³/mol. The van der Waals surface area contributed by atoms with Crippen LogP contribution in [0.5, 0.6) is 0 Å². The average molecular weight is 475 g/mol. The molecule has 0 amide bonds. The molecule has 2 aromatic carbocycles. The van der Waals surface area contributed by atoms with Crippen LogP contribution < -0.4 is 4.90 Å². The van der Waals surface area contributed by atoms with Gasteiger partial charge >= 0.3 is 12.1 Å². The zero-order chi connectivity index (χ0) is 24.3. The first-order chi connectivity index (χ1) is 16.2. The van der Waals surface area contributed by atoms with Gasteiger partial charge in [0.25, 0.3) is 5.89 Å². The van der Waals surface area contributed by atoms with Gasteiger partial charge in [0.15, 0.2) is 0 Å². The lowest BCUT2D eigenvalue weighted by molar-refractivity contribution is -0.142. The quantitative estimate of drug-likeness (QED) is 0.489. The summed E-state index contributed by atoms with van der Waals surface area (Å²) in [6.45, 7) is 2.18. The van der Waals surface area contributed by atoms with E-state index < -0.39 is 24.3 Å². The van der Waals surface area contributed by atoms with Crippen molar-refractivity contribution in [1.82, 2.24) is 10.1 Å². The van der Waals surface area contributed by atoms with Crippen LogP contribution in [-0.2, 0) is 22.3 Å². The number of nitrogens with zero attached hydrogens (tertiary/aromatic N) is 3. The number of rotatable bonds is 7. The first kappa shape index (κ1) is 23.7. The van der Waals surface area contributed by atoms with Gasteiger partial charge in [-0.15, -0.1) is 0 Å². The minimum absolute atomic E-state index is 0.0220. The monoisotopic (exact) mass is 475 g/mol. The smallest absolute Gasteiger partial charge is 0.418 e. The van der Waals surface area contributed by atoms with E-state index in [4.69, 9.17) is 14.4 Å². The van der Waals surface area contributed by atoms with Crippen molar-refractivity contribution in [3.05, 3.63) is 53.6 Å². The Bertz CT molecular complexity index is 1160. The molecule has 3 aromatic rings. The molecule has 1 unspecified atom stereocenters. The number of halogens is 3. The van der Waals surface area contributed by atoms with E-state index in [2.05, 4.69) is 10.1 Å². The van der Waals surface area contributed by atoms with Crippen LogP contribution in [0.4, 0.5) is 18.9 Å². The third-order valence-electron chi connectivity index (χ3n) is 5.77. The largest absolute Gasteiger partial charge is 0.480 e. The second-order valence-corrected chi connectivity index (χ2v) is 8.28. The van der Waals surface area contributed by atoms with Gasteiger partial charge in [-0.25, -0.2) is 4.79 Å². The van der Waals surface area contributed by atoms with Crippen molar-refractivity contribution in [3.8, 4) is 22.8 Å². The molecule has 0 bridgehead atoms. The molecule has 0 aliphatic carbocycles. The number of ether oxygens (including phenoxy) is 1. The highest BCUT2D eigenvalue weighted by atomic mass is 19.4. The summed E-state index contributed by atoms with van der Waals surface area (Å²) in [6, 6.07) is 11.0. The van der Waals surface area contributed by atoms with Crippen molar-refractivity contribution in [2.45, 2.75) is 45.0 Å². The van der Waals surface area contributed by atoms with Crippen LogP contribution in [0.1, 0.15) is 37.3 Å². The molecule has 0 spiro atoms. The zero-order valence-corrected chi connectivity index (χ0v) is 18.5. The minimum Gasteiger partial charge on any atom is -0.480 e. The molecule has 2 heterocycles. The van der Waals surface area contributed by atoms with E-state index in [1.54, 1.807) is 30.3 Å². The lowest BCUT2D eigenvalue weighted by Crippen LogP contribution is -2.38. The molecule has 1 aromatic heterocycles.